The topological polar surface area (TPSA) is 86.5 Å². The lowest BCUT2D eigenvalue weighted by molar-refractivity contribution is -0.153. The van der Waals surface area contributed by atoms with E-state index in [1.54, 1.807) is 0 Å². The van der Waals surface area contributed by atoms with Crippen LogP contribution in [0.15, 0.2) is 18.2 Å². The van der Waals surface area contributed by atoms with Crippen molar-refractivity contribution in [2.24, 2.45) is 5.84 Å². The maximum atomic E-state index is 12.5. The van der Waals surface area contributed by atoms with Crippen molar-refractivity contribution in [1.82, 2.24) is 10.4 Å². The van der Waals surface area contributed by atoms with Gasteiger partial charge in [0.1, 0.15) is 22.7 Å². The van der Waals surface area contributed by atoms with E-state index in [0.717, 1.165) is 12.1 Å². The van der Waals surface area contributed by atoms with Crippen molar-refractivity contribution in [2.75, 3.05) is 13.2 Å². The van der Waals surface area contributed by atoms with Gasteiger partial charge in [0, 0.05) is 11.5 Å². The van der Waals surface area contributed by atoms with Gasteiger partial charge >= 0.3 is 12.4 Å². The molecule has 0 aliphatic carbocycles. The molecule has 148 valence electrons. The van der Waals surface area contributed by atoms with E-state index in [2.05, 4.69) is 14.5 Å². The molecule has 0 saturated carbocycles. The fourth-order valence-electron chi connectivity index (χ4n) is 2.14. The second-order valence-electron chi connectivity index (χ2n) is 5.42. The van der Waals surface area contributed by atoms with E-state index in [1.165, 1.54) is 13.0 Å². The van der Waals surface area contributed by atoms with E-state index in [4.69, 9.17) is 5.84 Å². The van der Waals surface area contributed by atoms with Gasteiger partial charge in [0.2, 0.25) is 0 Å². The van der Waals surface area contributed by atoms with Crippen LogP contribution in [0.25, 0.3) is 10.9 Å². The summed E-state index contributed by atoms with van der Waals surface area (Å²) in [5.74, 6) is 3.35. The van der Waals surface area contributed by atoms with Crippen molar-refractivity contribution >= 4 is 16.8 Å². The molecule has 2 rings (SSSR count). The minimum atomic E-state index is -4.70. The Balaban J connectivity index is 2.55. The SMILES string of the molecule is Cc1cc(C(=O)NN)nc2c(OCC(F)(F)F)cc(OCC(F)(F)F)cc12. The van der Waals surface area contributed by atoms with E-state index < -0.39 is 37.2 Å². The third kappa shape index (κ3) is 5.61. The molecular formula is C15H13F6N3O3. The number of hydrogen-bond donors (Lipinski definition) is 2. The summed E-state index contributed by atoms with van der Waals surface area (Å²) in [5.41, 5.74) is 1.81. The molecule has 1 amide bonds. The monoisotopic (exact) mass is 397 g/mol. The molecule has 1 heterocycles. The molecule has 6 nitrogen and oxygen atoms in total. The number of nitrogens with one attached hydrogen (secondary N) is 1. The maximum absolute atomic E-state index is 12.5. The van der Waals surface area contributed by atoms with Gasteiger partial charge in [-0.05, 0) is 24.6 Å². The van der Waals surface area contributed by atoms with Crippen molar-refractivity contribution in [2.45, 2.75) is 19.3 Å². The quantitative estimate of drug-likeness (QED) is 0.351. The van der Waals surface area contributed by atoms with Crippen LogP contribution < -0.4 is 20.7 Å². The van der Waals surface area contributed by atoms with Crippen molar-refractivity contribution in [3.8, 4) is 11.5 Å². The molecule has 12 heteroatoms. The average Bonchev–Trinajstić information content (AvgIpc) is 2.56. The number of pyridine rings is 1. The summed E-state index contributed by atoms with van der Waals surface area (Å²) in [6, 6.07) is 3.27. The molecule has 0 unspecified atom stereocenters. The summed E-state index contributed by atoms with van der Waals surface area (Å²) in [4.78, 5) is 15.5. The van der Waals surface area contributed by atoms with Crippen molar-refractivity contribution in [1.29, 1.82) is 0 Å². The van der Waals surface area contributed by atoms with Crippen LogP contribution in [-0.4, -0.2) is 36.5 Å². The number of aromatic nitrogens is 1. The first-order valence-corrected chi connectivity index (χ1v) is 7.25. The minimum Gasteiger partial charge on any atom is -0.484 e. The zero-order valence-electron chi connectivity index (χ0n) is 13.7. The summed E-state index contributed by atoms with van der Waals surface area (Å²) in [5, 5.41) is 0.153. The Kier molecular flexibility index (Phi) is 5.68. The number of nitrogens with zero attached hydrogens (tertiary/aromatic N) is 1. The number of hydrazine groups is 1. The number of carbonyl (C=O) groups is 1. The third-order valence-electron chi connectivity index (χ3n) is 3.22. The highest BCUT2D eigenvalue weighted by molar-refractivity contribution is 5.97. The van der Waals surface area contributed by atoms with Crippen LogP contribution in [0.2, 0.25) is 0 Å². The number of nitrogens with two attached hydrogens (primary N) is 1. The largest absolute Gasteiger partial charge is 0.484 e. The lowest BCUT2D eigenvalue weighted by Crippen LogP contribution is -2.30. The molecule has 0 saturated heterocycles. The van der Waals surface area contributed by atoms with E-state index in [9.17, 15) is 31.1 Å². The van der Waals surface area contributed by atoms with Gasteiger partial charge in [-0.2, -0.15) is 26.3 Å². The Labute approximate surface area is 148 Å². The second-order valence-corrected chi connectivity index (χ2v) is 5.42. The summed E-state index contributed by atoms with van der Waals surface area (Å²) in [7, 11) is 0. The third-order valence-corrected chi connectivity index (χ3v) is 3.22. The summed E-state index contributed by atoms with van der Waals surface area (Å²) in [6.45, 7) is -1.87. The molecule has 0 aliphatic rings. The van der Waals surface area contributed by atoms with Crippen molar-refractivity contribution in [3.05, 3.63) is 29.5 Å². The smallest absolute Gasteiger partial charge is 0.422 e. The molecule has 0 fully saturated rings. The molecule has 3 N–H and O–H groups in total. The summed E-state index contributed by atoms with van der Waals surface area (Å²) < 4.78 is 83.7. The van der Waals surface area contributed by atoms with Gasteiger partial charge in [-0.3, -0.25) is 10.2 Å². The molecule has 27 heavy (non-hydrogen) atoms. The van der Waals surface area contributed by atoms with Gasteiger partial charge < -0.3 is 9.47 Å². The highest BCUT2D eigenvalue weighted by Gasteiger charge is 2.30. The molecule has 0 aliphatic heterocycles. The standard InChI is InChI=1S/C15H13F6N3O3/c1-7-2-10(13(25)24-22)23-12-9(7)3-8(26-5-14(16,17)18)4-11(12)27-6-15(19,20)21/h2-4H,5-6,22H2,1H3,(H,24,25). The maximum Gasteiger partial charge on any atom is 0.422 e. The van der Waals surface area contributed by atoms with Crippen LogP contribution in [-0.2, 0) is 0 Å². The number of nitrogen functional groups attached to an aromatic ring is 1. The van der Waals surface area contributed by atoms with E-state index in [0.29, 0.717) is 5.56 Å². The molecular weight excluding hydrogens is 384 g/mol. The zero-order chi connectivity index (χ0) is 20.4. The van der Waals surface area contributed by atoms with Gasteiger partial charge in [0.15, 0.2) is 13.2 Å². The predicted molar refractivity (Wildman–Crippen MR) is 81.2 cm³/mol. The lowest BCUT2D eigenvalue weighted by Gasteiger charge is -2.16. The molecule has 0 bridgehead atoms. The first-order valence-electron chi connectivity index (χ1n) is 7.25. The number of carbonyl (C=O) groups excluding carboxylic acids is 1. The van der Waals surface area contributed by atoms with Gasteiger partial charge in [0.25, 0.3) is 5.91 Å². The highest BCUT2D eigenvalue weighted by atomic mass is 19.4. The summed E-state index contributed by atoms with van der Waals surface area (Å²) >= 11 is 0. The fraction of sp³-hybridized carbons (Fsp3) is 0.333. The number of alkyl halides is 6. The highest BCUT2D eigenvalue weighted by Crippen LogP contribution is 2.34. The van der Waals surface area contributed by atoms with Crippen LogP contribution in [0.3, 0.4) is 0 Å². The average molecular weight is 397 g/mol. The van der Waals surface area contributed by atoms with Gasteiger partial charge in [-0.25, -0.2) is 10.8 Å². The first kappa shape index (κ1) is 20.6. The number of benzene rings is 1. The molecule has 1 aromatic carbocycles. The van der Waals surface area contributed by atoms with E-state index in [-0.39, 0.29) is 22.3 Å². The lowest BCUT2D eigenvalue weighted by atomic mass is 10.1. The Morgan fingerprint density at radius 2 is 1.67 bits per heavy atom. The van der Waals surface area contributed by atoms with E-state index in [1.807, 2.05) is 5.43 Å². The minimum absolute atomic E-state index is 0.153. The van der Waals surface area contributed by atoms with Crippen LogP contribution in [0.5, 0.6) is 11.5 Å². The summed E-state index contributed by atoms with van der Waals surface area (Å²) in [6.07, 6.45) is -9.34. The Bertz CT molecular complexity index is 851. The number of aryl methyl sites for hydroxylation is 1. The number of hydrogen-bond acceptors (Lipinski definition) is 5. The molecule has 2 aromatic rings. The van der Waals surface area contributed by atoms with Gasteiger partial charge in [0.05, 0.1) is 0 Å². The molecule has 0 radical (unpaired) electrons. The Morgan fingerprint density at radius 1 is 1.07 bits per heavy atom. The van der Waals surface area contributed by atoms with Gasteiger partial charge in [-0.15, -0.1) is 0 Å². The molecule has 0 spiro atoms. The van der Waals surface area contributed by atoms with Crippen molar-refractivity contribution < 1.29 is 40.6 Å². The van der Waals surface area contributed by atoms with Crippen LogP contribution in [0.4, 0.5) is 26.3 Å². The number of ether oxygens (including phenoxy) is 2. The van der Waals surface area contributed by atoms with Crippen molar-refractivity contribution in [3.63, 3.8) is 0 Å². The van der Waals surface area contributed by atoms with Crippen LogP contribution in [0, 0.1) is 6.92 Å². The number of fused-ring (bicyclic) bond motifs is 1. The second kappa shape index (κ2) is 7.47. The molecule has 0 atom stereocenters. The molecule has 1 aromatic heterocycles. The van der Waals surface area contributed by atoms with E-state index >= 15 is 0 Å². The van der Waals surface area contributed by atoms with Crippen LogP contribution >= 0.6 is 0 Å². The first-order chi connectivity index (χ1) is 12.4. The Morgan fingerprint density at radius 3 is 2.22 bits per heavy atom. The number of rotatable bonds is 5. The number of amides is 1. The fourth-order valence-corrected chi connectivity index (χ4v) is 2.14. The predicted octanol–water partition coefficient (Wildman–Crippen LogP) is 3.03. The zero-order valence-corrected chi connectivity index (χ0v) is 13.7. The number of halogens is 6. The van der Waals surface area contributed by atoms with Crippen LogP contribution in [0.1, 0.15) is 16.1 Å². The van der Waals surface area contributed by atoms with Gasteiger partial charge in [-0.1, -0.05) is 0 Å². The normalized spacial score (nSPS) is 12.1. The Hall–Kier alpha value is -2.76.